The van der Waals surface area contributed by atoms with Gasteiger partial charge in [-0.15, -0.1) is 0 Å². The number of carbonyl (C=O) groups excluding carboxylic acids is 3. The smallest absolute Gasteiger partial charge is 0.305 e. The number of amides is 3. The average Bonchev–Trinajstić information content (AvgIpc) is 3.51. The maximum atomic E-state index is 13.9. The first-order chi connectivity index (χ1) is 21.3. The molecule has 6 rings (SSSR count). The molecule has 1 fully saturated rings. The lowest BCUT2D eigenvalue weighted by molar-refractivity contribution is -0.122. The number of H-pyrrole nitrogens is 1. The van der Waals surface area contributed by atoms with Gasteiger partial charge in [0.2, 0.25) is 11.8 Å². The first-order valence-electron chi connectivity index (χ1n) is 13.6. The second-order valence-electron chi connectivity index (χ2n) is 9.94. The fourth-order valence-corrected chi connectivity index (χ4v) is 7.86. The van der Waals surface area contributed by atoms with Crippen LogP contribution in [0.25, 0.3) is 0 Å². The van der Waals surface area contributed by atoms with Gasteiger partial charge in [-0.2, -0.15) is 0 Å². The molecule has 1 aromatic heterocycles. The van der Waals surface area contributed by atoms with Crippen LogP contribution in [0.4, 0.5) is 15.8 Å². The Morgan fingerprint density at radius 3 is 2.43 bits per heavy atom. The standard InChI is InChI=1S/C31H26FN3O7S2/c1-3-41-22-14-16(4-13-21(22)42-15-23(36)33-18-7-11-20(40-2)12-8-18)24-25-27(43-28-26(24)44-31(39)34-28)30(38)35(29(25)37)19-9-5-17(32)6-10-19/h4-14,24-25,27H,3,15H2,1-2H3,(H,33,36)(H,34,39)/t24-,25?,27?/m1/s1. The van der Waals surface area contributed by atoms with Crippen molar-refractivity contribution in [1.29, 1.82) is 0 Å². The molecule has 3 aromatic carbocycles. The highest BCUT2D eigenvalue weighted by Crippen LogP contribution is 2.53. The van der Waals surface area contributed by atoms with E-state index in [1.807, 2.05) is 0 Å². The van der Waals surface area contributed by atoms with E-state index in [1.54, 1.807) is 56.5 Å². The SMILES string of the molecule is CCOc1cc([C@H]2c3sc(=O)[nH]c3SC3C(=O)N(c4ccc(F)cc4)C(=O)C32)ccc1OCC(=O)Nc1ccc(OC)cc1. The summed E-state index contributed by atoms with van der Waals surface area (Å²) >= 11 is 2.14. The van der Waals surface area contributed by atoms with Gasteiger partial charge in [-0.05, 0) is 73.2 Å². The third-order valence-electron chi connectivity index (χ3n) is 7.27. The summed E-state index contributed by atoms with van der Waals surface area (Å²) in [6.07, 6.45) is 0. The second-order valence-corrected chi connectivity index (χ2v) is 12.1. The van der Waals surface area contributed by atoms with E-state index < -0.39 is 34.7 Å². The van der Waals surface area contributed by atoms with E-state index in [-0.39, 0.29) is 23.1 Å². The number of fused-ring (bicyclic) bond motifs is 2. The monoisotopic (exact) mass is 635 g/mol. The van der Waals surface area contributed by atoms with Crippen LogP contribution in [0.15, 0.2) is 76.6 Å². The molecular weight excluding hydrogens is 609 g/mol. The molecule has 44 heavy (non-hydrogen) atoms. The minimum absolute atomic E-state index is 0.277. The molecule has 4 aromatic rings. The van der Waals surface area contributed by atoms with Crippen molar-refractivity contribution < 1.29 is 33.0 Å². The van der Waals surface area contributed by atoms with Crippen molar-refractivity contribution in [2.45, 2.75) is 23.1 Å². The van der Waals surface area contributed by atoms with E-state index in [4.69, 9.17) is 14.2 Å². The number of ether oxygens (including phenoxy) is 3. The molecule has 0 bridgehead atoms. The number of hydrogen-bond acceptors (Lipinski definition) is 9. The maximum absolute atomic E-state index is 13.9. The Bertz CT molecular complexity index is 1790. The average molecular weight is 636 g/mol. The highest BCUT2D eigenvalue weighted by Gasteiger charge is 2.56. The summed E-state index contributed by atoms with van der Waals surface area (Å²) in [4.78, 5) is 56.7. The maximum Gasteiger partial charge on any atom is 0.305 e. The number of nitrogens with one attached hydrogen (secondary N) is 2. The number of halogens is 1. The van der Waals surface area contributed by atoms with E-state index in [0.717, 1.165) is 28.0 Å². The lowest BCUT2D eigenvalue weighted by Crippen LogP contribution is -2.32. The molecule has 0 radical (unpaired) electrons. The Hall–Kier alpha value is -4.62. The molecule has 3 amide bonds. The molecule has 10 nitrogen and oxygen atoms in total. The van der Waals surface area contributed by atoms with Crippen LogP contribution in [-0.2, 0) is 14.4 Å². The summed E-state index contributed by atoms with van der Waals surface area (Å²) in [7, 11) is 1.56. The summed E-state index contributed by atoms with van der Waals surface area (Å²) in [6, 6.07) is 17.1. The molecule has 1 saturated heterocycles. The summed E-state index contributed by atoms with van der Waals surface area (Å²) in [5, 5.41) is 2.48. The third-order valence-corrected chi connectivity index (χ3v) is 9.67. The first kappa shape index (κ1) is 29.5. The Balaban J connectivity index is 1.29. The van der Waals surface area contributed by atoms with Crippen LogP contribution in [0.1, 0.15) is 23.3 Å². The number of benzene rings is 3. The molecule has 0 aliphatic carbocycles. The topological polar surface area (TPSA) is 127 Å². The van der Waals surface area contributed by atoms with Crippen LogP contribution in [0.5, 0.6) is 17.2 Å². The third kappa shape index (κ3) is 5.55. The van der Waals surface area contributed by atoms with Crippen LogP contribution < -0.4 is 29.3 Å². The lowest BCUT2D eigenvalue weighted by Gasteiger charge is -2.30. The van der Waals surface area contributed by atoms with Crippen LogP contribution in [0.3, 0.4) is 0 Å². The van der Waals surface area contributed by atoms with Crippen molar-refractivity contribution >= 4 is 52.2 Å². The van der Waals surface area contributed by atoms with Gasteiger partial charge in [0.25, 0.3) is 5.91 Å². The van der Waals surface area contributed by atoms with Gasteiger partial charge in [0.05, 0.1) is 30.3 Å². The summed E-state index contributed by atoms with van der Waals surface area (Å²) in [5.41, 5.74) is 1.49. The summed E-state index contributed by atoms with van der Waals surface area (Å²) in [6.45, 7) is 1.80. The van der Waals surface area contributed by atoms with Crippen molar-refractivity contribution in [2.75, 3.05) is 30.5 Å². The Morgan fingerprint density at radius 2 is 1.73 bits per heavy atom. The Labute approximate surface area is 259 Å². The number of methoxy groups -OCH3 is 1. The van der Waals surface area contributed by atoms with E-state index in [0.29, 0.717) is 45.0 Å². The van der Waals surface area contributed by atoms with Crippen LogP contribution in [0.2, 0.25) is 0 Å². The van der Waals surface area contributed by atoms with Gasteiger partial charge < -0.3 is 24.5 Å². The fraction of sp³-hybridized carbons (Fsp3) is 0.226. The number of thiazole rings is 1. The number of carbonyl (C=O) groups is 3. The lowest BCUT2D eigenvalue weighted by atomic mass is 9.83. The molecule has 3 heterocycles. The predicted molar refractivity (Wildman–Crippen MR) is 164 cm³/mol. The number of aromatic nitrogens is 1. The largest absolute Gasteiger partial charge is 0.497 e. The Kier molecular flexibility index (Phi) is 8.15. The van der Waals surface area contributed by atoms with Crippen LogP contribution >= 0.6 is 23.1 Å². The molecular formula is C31H26FN3O7S2. The molecule has 0 saturated carbocycles. The van der Waals surface area contributed by atoms with Crippen molar-refractivity contribution in [3.8, 4) is 17.2 Å². The van der Waals surface area contributed by atoms with Gasteiger partial charge >= 0.3 is 4.87 Å². The molecule has 2 aliphatic rings. The van der Waals surface area contributed by atoms with Crippen LogP contribution in [0, 0.1) is 11.7 Å². The molecule has 2 aliphatic heterocycles. The highest BCUT2D eigenvalue weighted by atomic mass is 32.2. The van der Waals surface area contributed by atoms with E-state index in [2.05, 4.69) is 10.3 Å². The van der Waals surface area contributed by atoms with Gasteiger partial charge in [0.15, 0.2) is 18.1 Å². The van der Waals surface area contributed by atoms with E-state index in [1.165, 1.54) is 24.3 Å². The zero-order valence-corrected chi connectivity index (χ0v) is 25.1. The minimum atomic E-state index is -0.826. The second kappa shape index (κ2) is 12.2. The Morgan fingerprint density at radius 1 is 0.977 bits per heavy atom. The molecule has 13 heteroatoms. The first-order valence-corrected chi connectivity index (χ1v) is 15.3. The number of thioether (sulfide) groups is 1. The number of imide groups is 1. The quantitative estimate of drug-likeness (QED) is 0.251. The zero-order valence-electron chi connectivity index (χ0n) is 23.5. The van der Waals surface area contributed by atoms with E-state index >= 15 is 0 Å². The number of anilines is 2. The molecule has 0 spiro atoms. The predicted octanol–water partition coefficient (Wildman–Crippen LogP) is 4.80. The van der Waals surface area contributed by atoms with Crippen molar-refractivity contribution in [3.63, 3.8) is 0 Å². The van der Waals surface area contributed by atoms with Crippen molar-refractivity contribution in [3.05, 3.63) is 92.7 Å². The van der Waals surface area contributed by atoms with Gasteiger partial charge in [0, 0.05) is 16.5 Å². The molecule has 2 unspecified atom stereocenters. The minimum Gasteiger partial charge on any atom is -0.497 e. The zero-order chi connectivity index (χ0) is 31.0. The highest BCUT2D eigenvalue weighted by molar-refractivity contribution is 8.00. The van der Waals surface area contributed by atoms with Crippen molar-refractivity contribution in [2.24, 2.45) is 5.92 Å². The van der Waals surface area contributed by atoms with Crippen molar-refractivity contribution in [1.82, 2.24) is 4.98 Å². The van der Waals surface area contributed by atoms with Gasteiger partial charge in [-0.25, -0.2) is 9.29 Å². The molecule has 226 valence electrons. The number of rotatable bonds is 9. The van der Waals surface area contributed by atoms with E-state index in [9.17, 15) is 23.6 Å². The number of nitrogens with zero attached hydrogens (tertiary/aromatic N) is 1. The van der Waals surface area contributed by atoms with Crippen LogP contribution in [-0.4, -0.2) is 48.3 Å². The number of aromatic amines is 1. The summed E-state index contributed by atoms with van der Waals surface area (Å²) in [5.74, 6) is -1.90. The van der Waals surface area contributed by atoms with Gasteiger partial charge in [0.1, 0.15) is 16.8 Å². The normalized spacial score (nSPS) is 18.9. The number of hydrogen-bond donors (Lipinski definition) is 2. The van der Waals surface area contributed by atoms with Gasteiger partial charge in [-0.3, -0.25) is 19.2 Å². The fourth-order valence-electron chi connectivity index (χ4n) is 5.34. The molecule has 3 atom stereocenters. The van der Waals surface area contributed by atoms with Gasteiger partial charge in [-0.1, -0.05) is 29.2 Å². The molecule has 2 N–H and O–H groups in total. The summed E-state index contributed by atoms with van der Waals surface area (Å²) < 4.78 is 30.4.